The van der Waals surface area contributed by atoms with Crippen molar-refractivity contribution in [2.75, 3.05) is 38.5 Å². The van der Waals surface area contributed by atoms with Crippen molar-refractivity contribution in [1.82, 2.24) is 14.8 Å². The Bertz CT molecular complexity index is 1110. The van der Waals surface area contributed by atoms with E-state index < -0.39 is 6.10 Å². The van der Waals surface area contributed by atoms with Crippen molar-refractivity contribution in [1.29, 1.82) is 0 Å². The zero-order valence-corrected chi connectivity index (χ0v) is 19.8. The largest absolute Gasteiger partial charge is 0.485 e. The van der Waals surface area contributed by atoms with Gasteiger partial charge in [-0.3, -0.25) is 9.59 Å². The van der Waals surface area contributed by atoms with Crippen LogP contribution >= 0.6 is 23.1 Å². The third-order valence-corrected chi connectivity index (χ3v) is 8.03. The molecule has 0 unspecified atom stereocenters. The number of benzene rings is 2. The van der Waals surface area contributed by atoms with E-state index in [-0.39, 0.29) is 18.4 Å². The standard InChI is InChI=1S/C24H25N3O4S2/c28-22(10-5-15-32-24-25-17-6-1-4-9-21(17)33-24)26-11-13-27(14-12-26)23(29)20-16-30-18-7-2-3-8-19(18)31-20/h1-4,6-9,20H,5,10-16H2/t20-/m0/s1. The molecule has 0 aliphatic carbocycles. The van der Waals surface area contributed by atoms with E-state index >= 15 is 0 Å². The molecular weight excluding hydrogens is 458 g/mol. The van der Waals surface area contributed by atoms with Crippen molar-refractivity contribution in [2.24, 2.45) is 0 Å². The van der Waals surface area contributed by atoms with Crippen LogP contribution < -0.4 is 9.47 Å². The Kier molecular flexibility index (Phi) is 6.68. The normalized spacial score (nSPS) is 17.9. The molecular formula is C24H25N3O4S2. The maximum atomic E-state index is 12.9. The molecule has 0 saturated carbocycles. The van der Waals surface area contributed by atoms with Gasteiger partial charge in [0.2, 0.25) is 12.0 Å². The summed E-state index contributed by atoms with van der Waals surface area (Å²) >= 11 is 3.40. The maximum absolute atomic E-state index is 12.9. The van der Waals surface area contributed by atoms with Crippen molar-refractivity contribution in [3.8, 4) is 11.5 Å². The summed E-state index contributed by atoms with van der Waals surface area (Å²) in [7, 11) is 0. The van der Waals surface area contributed by atoms with Gasteiger partial charge in [0.25, 0.3) is 5.91 Å². The lowest BCUT2D eigenvalue weighted by Crippen LogP contribution is -2.55. The number of piperazine rings is 1. The first-order valence-electron chi connectivity index (χ1n) is 11.1. The van der Waals surface area contributed by atoms with Gasteiger partial charge in [0.1, 0.15) is 6.61 Å². The summed E-state index contributed by atoms with van der Waals surface area (Å²) in [5, 5.41) is 0. The number of aromatic nitrogens is 1. The van der Waals surface area contributed by atoms with E-state index in [4.69, 9.17) is 9.47 Å². The molecule has 0 N–H and O–H groups in total. The summed E-state index contributed by atoms with van der Waals surface area (Å²) in [4.78, 5) is 33.7. The number of thiazole rings is 1. The zero-order chi connectivity index (χ0) is 22.6. The molecule has 5 rings (SSSR count). The molecule has 1 atom stereocenters. The molecule has 1 fully saturated rings. The van der Waals surface area contributed by atoms with Gasteiger partial charge in [-0.25, -0.2) is 4.98 Å². The highest BCUT2D eigenvalue weighted by molar-refractivity contribution is 8.01. The van der Waals surface area contributed by atoms with E-state index in [2.05, 4.69) is 11.1 Å². The van der Waals surface area contributed by atoms with E-state index in [0.29, 0.717) is 44.1 Å². The molecule has 1 aromatic heterocycles. The third kappa shape index (κ3) is 5.09. The highest BCUT2D eigenvalue weighted by Crippen LogP contribution is 2.32. The third-order valence-electron chi connectivity index (χ3n) is 5.76. The molecule has 2 aliphatic heterocycles. The van der Waals surface area contributed by atoms with Gasteiger partial charge in [-0.15, -0.1) is 11.3 Å². The Balaban J connectivity index is 1.04. The fraction of sp³-hybridized carbons (Fsp3) is 0.375. The second kappa shape index (κ2) is 10.0. The Morgan fingerprint density at radius 2 is 1.73 bits per heavy atom. The van der Waals surface area contributed by atoms with Crippen molar-refractivity contribution in [3.05, 3.63) is 48.5 Å². The van der Waals surface area contributed by atoms with Gasteiger partial charge in [0.15, 0.2) is 15.8 Å². The number of hydrogen-bond donors (Lipinski definition) is 0. The lowest BCUT2D eigenvalue weighted by molar-refractivity contribution is -0.146. The summed E-state index contributed by atoms with van der Waals surface area (Å²) in [6.07, 6.45) is 0.689. The average molecular weight is 484 g/mol. The number of rotatable bonds is 6. The van der Waals surface area contributed by atoms with Crippen LogP contribution in [0.2, 0.25) is 0 Å². The molecule has 172 valence electrons. The summed E-state index contributed by atoms with van der Waals surface area (Å²) < 4.78 is 13.7. The minimum Gasteiger partial charge on any atom is -0.485 e. The average Bonchev–Trinajstić information content (AvgIpc) is 3.29. The van der Waals surface area contributed by atoms with Crippen LogP contribution in [0, 0.1) is 0 Å². The van der Waals surface area contributed by atoms with E-state index in [1.54, 1.807) is 34.1 Å². The minimum atomic E-state index is -0.637. The summed E-state index contributed by atoms with van der Waals surface area (Å²) in [6, 6.07) is 15.5. The number of para-hydroxylation sites is 3. The van der Waals surface area contributed by atoms with Crippen LogP contribution in [0.5, 0.6) is 11.5 Å². The first-order valence-corrected chi connectivity index (χ1v) is 12.9. The second-order valence-electron chi connectivity index (χ2n) is 7.97. The number of carbonyl (C=O) groups excluding carboxylic acids is 2. The predicted octanol–water partition coefficient (Wildman–Crippen LogP) is 3.68. The van der Waals surface area contributed by atoms with Crippen LogP contribution in [0.25, 0.3) is 10.2 Å². The quantitative estimate of drug-likeness (QED) is 0.394. The van der Waals surface area contributed by atoms with Gasteiger partial charge in [0, 0.05) is 38.4 Å². The zero-order valence-electron chi connectivity index (χ0n) is 18.1. The van der Waals surface area contributed by atoms with E-state index in [1.807, 2.05) is 41.3 Å². The molecule has 2 aromatic carbocycles. The SMILES string of the molecule is O=C(CCCSc1nc2ccccc2s1)N1CCN(C(=O)[C@@H]2COc3ccccc3O2)CC1. The van der Waals surface area contributed by atoms with Crippen LogP contribution in [0.15, 0.2) is 52.9 Å². The molecule has 33 heavy (non-hydrogen) atoms. The first-order chi connectivity index (χ1) is 16.2. The Labute approximate surface area is 200 Å². The minimum absolute atomic E-state index is 0.0798. The molecule has 2 amide bonds. The molecule has 0 bridgehead atoms. The van der Waals surface area contributed by atoms with E-state index in [1.165, 1.54) is 4.70 Å². The van der Waals surface area contributed by atoms with Crippen LogP contribution in [0.4, 0.5) is 0 Å². The van der Waals surface area contributed by atoms with Gasteiger partial charge in [-0.05, 0) is 30.7 Å². The Morgan fingerprint density at radius 3 is 2.55 bits per heavy atom. The summed E-state index contributed by atoms with van der Waals surface area (Å²) in [5.41, 5.74) is 1.03. The van der Waals surface area contributed by atoms with Crippen molar-refractivity contribution >= 4 is 45.1 Å². The molecule has 0 spiro atoms. The number of thioether (sulfide) groups is 1. The lowest BCUT2D eigenvalue weighted by atomic mass is 10.2. The van der Waals surface area contributed by atoms with Crippen LogP contribution in [0.3, 0.4) is 0 Å². The predicted molar refractivity (Wildman–Crippen MR) is 129 cm³/mol. The van der Waals surface area contributed by atoms with Crippen LogP contribution in [-0.2, 0) is 9.59 Å². The fourth-order valence-corrected chi connectivity index (χ4v) is 6.05. The van der Waals surface area contributed by atoms with Crippen molar-refractivity contribution < 1.29 is 19.1 Å². The lowest BCUT2D eigenvalue weighted by Gasteiger charge is -2.37. The molecule has 3 aromatic rings. The second-order valence-corrected chi connectivity index (χ2v) is 10.3. The molecule has 7 nitrogen and oxygen atoms in total. The van der Waals surface area contributed by atoms with Gasteiger partial charge in [-0.1, -0.05) is 36.0 Å². The number of hydrogen-bond acceptors (Lipinski definition) is 7. The van der Waals surface area contributed by atoms with Gasteiger partial charge < -0.3 is 19.3 Å². The monoisotopic (exact) mass is 483 g/mol. The van der Waals surface area contributed by atoms with Gasteiger partial charge in [-0.2, -0.15) is 0 Å². The van der Waals surface area contributed by atoms with E-state index in [9.17, 15) is 9.59 Å². The van der Waals surface area contributed by atoms with Gasteiger partial charge >= 0.3 is 0 Å². The summed E-state index contributed by atoms with van der Waals surface area (Å²) in [5.74, 6) is 2.20. The Hall–Kier alpha value is -2.78. The molecule has 0 radical (unpaired) electrons. The van der Waals surface area contributed by atoms with Crippen molar-refractivity contribution in [3.63, 3.8) is 0 Å². The molecule has 9 heteroatoms. The van der Waals surface area contributed by atoms with Gasteiger partial charge in [0.05, 0.1) is 10.2 Å². The molecule has 1 saturated heterocycles. The number of carbonyl (C=O) groups is 2. The number of fused-ring (bicyclic) bond motifs is 2. The van der Waals surface area contributed by atoms with Crippen molar-refractivity contribution in [2.45, 2.75) is 23.3 Å². The first kappa shape index (κ1) is 22.0. The number of nitrogens with zero attached hydrogens (tertiary/aromatic N) is 3. The molecule has 2 aliphatic rings. The highest BCUT2D eigenvalue weighted by Gasteiger charge is 2.33. The molecule has 3 heterocycles. The highest BCUT2D eigenvalue weighted by atomic mass is 32.2. The Morgan fingerprint density at radius 1 is 1.00 bits per heavy atom. The smallest absolute Gasteiger partial charge is 0.267 e. The topological polar surface area (TPSA) is 72.0 Å². The van der Waals surface area contributed by atoms with E-state index in [0.717, 1.165) is 22.0 Å². The summed E-state index contributed by atoms with van der Waals surface area (Å²) in [6.45, 7) is 2.36. The fourth-order valence-electron chi connectivity index (χ4n) is 3.97. The number of ether oxygens (including phenoxy) is 2. The van der Waals surface area contributed by atoms with Crippen LogP contribution in [-0.4, -0.2) is 71.2 Å². The van der Waals surface area contributed by atoms with Crippen LogP contribution in [0.1, 0.15) is 12.8 Å². The maximum Gasteiger partial charge on any atom is 0.267 e. The number of amides is 2.